The highest BCUT2D eigenvalue weighted by molar-refractivity contribution is 5.94. The van der Waals surface area contributed by atoms with E-state index in [0.29, 0.717) is 12.1 Å². The van der Waals surface area contributed by atoms with Crippen molar-refractivity contribution < 1.29 is 9.72 Å². The van der Waals surface area contributed by atoms with Crippen LogP contribution in [0, 0.1) is 10.1 Å². The predicted molar refractivity (Wildman–Crippen MR) is 80.2 cm³/mol. The first kappa shape index (κ1) is 18.3. The van der Waals surface area contributed by atoms with Crippen molar-refractivity contribution in [2.45, 2.75) is 32.2 Å². The first-order valence-electron chi connectivity index (χ1n) is 6.23. The lowest BCUT2D eigenvalue weighted by Crippen LogP contribution is -2.49. The molecule has 0 aliphatic rings. The lowest BCUT2D eigenvalue weighted by molar-refractivity contribution is -0.384. The second-order valence-corrected chi connectivity index (χ2v) is 4.56. The van der Waals surface area contributed by atoms with Gasteiger partial charge in [-0.3, -0.25) is 14.9 Å². The monoisotopic (exact) mass is 301 g/mol. The lowest BCUT2D eigenvalue weighted by atomic mass is 9.94. The molecule has 0 radical (unpaired) electrons. The number of nitrogens with two attached hydrogens (primary N) is 1. The zero-order chi connectivity index (χ0) is 14.5. The number of nitrogens with one attached hydrogen (secondary N) is 1. The van der Waals surface area contributed by atoms with E-state index in [0.717, 1.165) is 12.8 Å². The number of nitro groups is 1. The highest BCUT2D eigenvalue weighted by Gasteiger charge is 2.21. The van der Waals surface area contributed by atoms with E-state index in [2.05, 4.69) is 5.32 Å². The van der Waals surface area contributed by atoms with Crippen molar-refractivity contribution >= 4 is 24.0 Å². The molecule has 6 nitrogen and oxygen atoms in total. The summed E-state index contributed by atoms with van der Waals surface area (Å²) in [7, 11) is 0. The summed E-state index contributed by atoms with van der Waals surface area (Å²) in [4.78, 5) is 21.9. The molecule has 0 heterocycles. The van der Waals surface area contributed by atoms with Crippen molar-refractivity contribution in [1.82, 2.24) is 5.32 Å². The predicted octanol–water partition coefficient (Wildman–Crippen LogP) is 2.26. The van der Waals surface area contributed by atoms with E-state index in [9.17, 15) is 14.9 Å². The zero-order valence-electron chi connectivity index (χ0n) is 11.6. The average Bonchev–Trinajstić information content (AvgIpc) is 2.44. The molecule has 0 saturated heterocycles. The summed E-state index contributed by atoms with van der Waals surface area (Å²) in [5.41, 5.74) is 6.03. The standard InChI is InChI=1S/C13H19N3O3.ClH/c1-3-13(14,4-2)9-15-12(17)10-5-7-11(8-6-10)16(18)19;/h5-8H,3-4,9,14H2,1-2H3,(H,15,17);1H. The zero-order valence-corrected chi connectivity index (χ0v) is 12.4. The number of halogens is 1. The largest absolute Gasteiger partial charge is 0.350 e. The molecule has 1 rings (SSSR count). The molecule has 112 valence electrons. The Morgan fingerprint density at radius 2 is 1.80 bits per heavy atom. The Kier molecular flexibility index (Phi) is 7.17. The van der Waals surface area contributed by atoms with Crippen LogP contribution in [-0.4, -0.2) is 22.9 Å². The van der Waals surface area contributed by atoms with Crippen LogP contribution in [-0.2, 0) is 0 Å². The van der Waals surface area contributed by atoms with Crippen LogP contribution in [0.4, 0.5) is 5.69 Å². The Morgan fingerprint density at radius 1 is 1.30 bits per heavy atom. The molecule has 0 bridgehead atoms. The second-order valence-electron chi connectivity index (χ2n) is 4.56. The van der Waals surface area contributed by atoms with Crippen molar-refractivity contribution in [3.63, 3.8) is 0 Å². The molecular weight excluding hydrogens is 282 g/mol. The van der Waals surface area contributed by atoms with Crippen molar-refractivity contribution in [1.29, 1.82) is 0 Å². The Hall–Kier alpha value is -1.66. The fraction of sp³-hybridized carbons (Fsp3) is 0.462. The summed E-state index contributed by atoms with van der Waals surface area (Å²) in [5, 5.41) is 13.3. The van der Waals surface area contributed by atoms with Crippen LogP contribution in [0.25, 0.3) is 0 Å². The van der Waals surface area contributed by atoms with E-state index in [1.165, 1.54) is 24.3 Å². The minimum atomic E-state index is -0.499. The minimum absolute atomic E-state index is 0. The second kappa shape index (κ2) is 7.81. The van der Waals surface area contributed by atoms with Crippen molar-refractivity contribution in [3.8, 4) is 0 Å². The maximum Gasteiger partial charge on any atom is 0.269 e. The number of rotatable bonds is 6. The van der Waals surface area contributed by atoms with Crippen molar-refractivity contribution in [3.05, 3.63) is 39.9 Å². The number of hydrogen-bond donors (Lipinski definition) is 2. The Balaban J connectivity index is 0.00000361. The molecule has 0 unspecified atom stereocenters. The topological polar surface area (TPSA) is 98.3 Å². The highest BCUT2D eigenvalue weighted by Crippen LogP contribution is 2.13. The van der Waals surface area contributed by atoms with E-state index in [4.69, 9.17) is 5.73 Å². The van der Waals surface area contributed by atoms with E-state index >= 15 is 0 Å². The third-order valence-corrected chi connectivity index (χ3v) is 3.35. The van der Waals surface area contributed by atoms with Gasteiger partial charge in [-0.25, -0.2) is 0 Å². The van der Waals surface area contributed by atoms with Crippen molar-refractivity contribution in [2.24, 2.45) is 5.73 Å². The fourth-order valence-electron chi connectivity index (χ4n) is 1.59. The maximum atomic E-state index is 11.9. The van der Waals surface area contributed by atoms with E-state index in [1.54, 1.807) is 0 Å². The molecule has 1 aromatic rings. The molecule has 0 aliphatic carbocycles. The lowest BCUT2D eigenvalue weighted by Gasteiger charge is -2.26. The van der Waals surface area contributed by atoms with Gasteiger partial charge in [0.05, 0.1) is 4.92 Å². The minimum Gasteiger partial charge on any atom is -0.350 e. The van der Waals surface area contributed by atoms with Gasteiger partial charge in [0.15, 0.2) is 0 Å². The van der Waals surface area contributed by atoms with Gasteiger partial charge < -0.3 is 11.1 Å². The quantitative estimate of drug-likeness (QED) is 0.622. The van der Waals surface area contributed by atoms with Crippen LogP contribution in [0.2, 0.25) is 0 Å². The molecule has 7 heteroatoms. The normalized spacial score (nSPS) is 10.6. The Labute approximate surface area is 124 Å². The summed E-state index contributed by atoms with van der Waals surface area (Å²) in [6.07, 6.45) is 1.54. The molecule has 1 amide bonds. The molecule has 1 aromatic carbocycles. The molecule has 0 spiro atoms. The third-order valence-electron chi connectivity index (χ3n) is 3.35. The summed E-state index contributed by atoms with van der Waals surface area (Å²) >= 11 is 0. The molecule has 0 fully saturated rings. The van der Waals surface area contributed by atoms with Crippen LogP contribution < -0.4 is 11.1 Å². The Bertz CT molecular complexity index is 458. The number of benzene rings is 1. The summed E-state index contributed by atoms with van der Waals surface area (Å²) in [6, 6.07) is 5.49. The van der Waals surface area contributed by atoms with Crippen LogP contribution in [0.5, 0.6) is 0 Å². The number of nitro benzene ring substituents is 1. The molecular formula is C13H20ClN3O3. The Morgan fingerprint density at radius 3 is 2.20 bits per heavy atom. The van der Waals surface area contributed by atoms with Crippen LogP contribution in [0.1, 0.15) is 37.0 Å². The molecule has 3 N–H and O–H groups in total. The number of non-ortho nitro benzene ring substituents is 1. The first-order chi connectivity index (χ1) is 8.91. The van der Waals surface area contributed by atoms with Gasteiger partial charge in [-0.2, -0.15) is 0 Å². The summed E-state index contributed by atoms with van der Waals surface area (Å²) < 4.78 is 0. The van der Waals surface area contributed by atoms with Gasteiger partial charge in [0, 0.05) is 29.8 Å². The summed E-state index contributed by atoms with van der Waals surface area (Å²) in [5.74, 6) is -0.272. The van der Waals surface area contributed by atoms with E-state index in [1.807, 2.05) is 13.8 Å². The van der Waals surface area contributed by atoms with Crippen LogP contribution in [0.15, 0.2) is 24.3 Å². The molecule has 0 saturated carbocycles. The van der Waals surface area contributed by atoms with Crippen LogP contribution in [0.3, 0.4) is 0 Å². The number of carbonyl (C=O) groups excluding carboxylic acids is 1. The number of amides is 1. The molecule has 0 atom stereocenters. The van der Waals surface area contributed by atoms with E-state index < -0.39 is 10.5 Å². The van der Waals surface area contributed by atoms with Gasteiger partial charge in [0.1, 0.15) is 0 Å². The van der Waals surface area contributed by atoms with Crippen LogP contribution >= 0.6 is 12.4 Å². The van der Waals surface area contributed by atoms with Gasteiger partial charge in [-0.15, -0.1) is 12.4 Å². The van der Waals surface area contributed by atoms with E-state index in [-0.39, 0.29) is 24.0 Å². The number of nitrogens with zero attached hydrogens (tertiary/aromatic N) is 1. The highest BCUT2D eigenvalue weighted by atomic mass is 35.5. The fourth-order valence-corrected chi connectivity index (χ4v) is 1.59. The smallest absolute Gasteiger partial charge is 0.269 e. The third kappa shape index (κ3) is 4.79. The molecule has 0 aromatic heterocycles. The average molecular weight is 302 g/mol. The first-order valence-corrected chi connectivity index (χ1v) is 6.23. The van der Waals surface area contributed by atoms with Gasteiger partial charge in [0.2, 0.25) is 0 Å². The SMILES string of the molecule is CCC(N)(CC)CNC(=O)c1ccc([N+](=O)[O-])cc1.Cl. The maximum absolute atomic E-state index is 11.9. The molecule has 0 aliphatic heterocycles. The summed E-state index contributed by atoms with van der Waals surface area (Å²) in [6.45, 7) is 4.33. The van der Waals surface area contributed by atoms with Gasteiger partial charge in [0.25, 0.3) is 11.6 Å². The van der Waals surface area contributed by atoms with Crippen molar-refractivity contribution in [2.75, 3.05) is 6.54 Å². The van der Waals surface area contributed by atoms with Gasteiger partial charge in [-0.1, -0.05) is 13.8 Å². The van der Waals surface area contributed by atoms with Gasteiger partial charge >= 0.3 is 0 Å². The number of hydrogen-bond acceptors (Lipinski definition) is 4. The van der Waals surface area contributed by atoms with Gasteiger partial charge in [-0.05, 0) is 25.0 Å². The molecule has 20 heavy (non-hydrogen) atoms. The number of carbonyl (C=O) groups is 1.